The van der Waals surface area contributed by atoms with E-state index in [0.29, 0.717) is 42.5 Å². The molecule has 2 amide bonds. The van der Waals surface area contributed by atoms with Gasteiger partial charge in [0.15, 0.2) is 0 Å². The molecule has 1 saturated heterocycles. The van der Waals surface area contributed by atoms with Gasteiger partial charge in [0.1, 0.15) is 11.6 Å². The molecule has 0 saturated carbocycles. The summed E-state index contributed by atoms with van der Waals surface area (Å²) in [6.07, 6.45) is 1.80. The molecule has 3 N–H and O–H groups in total. The Hall–Kier alpha value is -4.29. The Balaban J connectivity index is 0.000000279. The zero-order chi connectivity index (χ0) is 27.5. The maximum atomic E-state index is 13.2. The Morgan fingerprint density at radius 1 is 1.11 bits per heavy atom. The summed E-state index contributed by atoms with van der Waals surface area (Å²) in [6.45, 7) is 7.20. The number of halogens is 1. The minimum atomic E-state index is -0.359. The molecule has 0 bridgehead atoms. The van der Waals surface area contributed by atoms with Crippen molar-refractivity contribution in [2.45, 2.75) is 26.2 Å². The molecular formula is C29H33FN6O2. The zero-order valence-corrected chi connectivity index (χ0v) is 21.7. The molecule has 1 fully saturated rings. The van der Waals surface area contributed by atoms with Crippen LogP contribution in [0.15, 0.2) is 66.9 Å². The largest absolute Gasteiger partial charge is 0.367 e. The number of anilines is 2. The van der Waals surface area contributed by atoms with Crippen molar-refractivity contribution in [2.75, 3.05) is 42.9 Å². The number of benzene rings is 2. The number of nitrogens with one attached hydrogen (secondary N) is 1. The van der Waals surface area contributed by atoms with E-state index in [1.54, 1.807) is 31.3 Å². The minimum absolute atomic E-state index is 0.0915. The number of nitrogens with zero attached hydrogens (tertiary/aromatic N) is 4. The van der Waals surface area contributed by atoms with Gasteiger partial charge in [-0.25, -0.2) is 9.37 Å². The van der Waals surface area contributed by atoms with Crippen LogP contribution in [0.25, 0.3) is 0 Å². The van der Waals surface area contributed by atoms with Gasteiger partial charge in [0.2, 0.25) is 11.8 Å². The van der Waals surface area contributed by atoms with Gasteiger partial charge in [-0.15, -0.1) is 0 Å². The molecule has 0 aliphatic carbocycles. The number of nitrogens with two attached hydrogens (primary N) is 1. The Labute approximate surface area is 222 Å². The maximum absolute atomic E-state index is 13.2. The van der Waals surface area contributed by atoms with Gasteiger partial charge in [0.05, 0.1) is 29.9 Å². The smallest absolute Gasteiger partial charge is 0.229 e. The second-order valence-corrected chi connectivity index (χ2v) is 9.12. The van der Waals surface area contributed by atoms with Gasteiger partial charge in [-0.3, -0.25) is 9.59 Å². The lowest BCUT2D eigenvalue weighted by Crippen LogP contribution is -2.48. The number of carbonyl (C=O) groups is 2. The Morgan fingerprint density at radius 3 is 2.37 bits per heavy atom. The minimum Gasteiger partial charge on any atom is -0.367 e. The number of piperazine rings is 1. The van der Waals surface area contributed by atoms with E-state index >= 15 is 0 Å². The van der Waals surface area contributed by atoms with Crippen LogP contribution in [0.4, 0.5) is 15.9 Å². The van der Waals surface area contributed by atoms with E-state index in [2.05, 4.69) is 28.2 Å². The molecule has 1 aliphatic heterocycles. The second-order valence-electron chi connectivity index (χ2n) is 9.12. The van der Waals surface area contributed by atoms with E-state index in [1.807, 2.05) is 35.2 Å². The second kappa shape index (κ2) is 13.9. The molecule has 1 unspecified atom stereocenters. The molecule has 38 heavy (non-hydrogen) atoms. The molecule has 1 atom stereocenters. The predicted octanol–water partition coefficient (Wildman–Crippen LogP) is 3.69. The topological polar surface area (TPSA) is 115 Å². The SMILES string of the molecule is CC(=O)N1CCN(c2ccc(NC(=O)Cc3cccc(F)c3)nc2)CC1.CC(CN)c1ccc(C#N)cc1. The molecule has 0 spiro atoms. The number of aromatic nitrogens is 1. The molecular weight excluding hydrogens is 483 g/mol. The first-order valence-corrected chi connectivity index (χ1v) is 12.5. The summed E-state index contributed by atoms with van der Waals surface area (Å²) in [5, 5.41) is 11.3. The van der Waals surface area contributed by atoms with Crippen molar-refractivity contribution >= 4 is 23.3 Å². The summed E-state index contributed by atoms with van der Waals surface area (Å²) < 4.78 is 13.2. The number of hydrogen-bond acceptors (Lipinski definition) is 6. The highest BCUT2D eigenvalue weighted by Crippen LogP contribution is 2.18. The predicted molar refractivity (Wildman–Crippen MR) is 146 cm³/mol. The van der Waals surface area contributed by atoms with E-state index in [1.165, 1.54) is 17.7 Å². The fourth-order valence-electron chi connectivity index (χ4n) is 3.97. The molecule has 9 heteroatoms. The van der Waals surface area contributed by atoms with Crippen molar-refractivity contribution in [1.29, 1.82) is 5.26 Å². The van der Waals surface area contributed by atoms with Gasteiger partial charge in [-0.05, 0) is 60.0 Å². The first-order chi connectivity index (χ1) is 18.3. The van der Waals surface area contributed by atoms with Crippen LogP contribution in [-0.2, 0) is 16.0 Å². The summed E-state index contributed by atoms with van der Waals surface area (Å²) in [5.41, 5.74) is 8.97. The molecule has 0 radical (unpaired) electrons. The van der Waals surface area contributed by atoms with Crippen LogP contribution in [0.1, 0.15) is 36.5 Å². The maximum Gasteiger partial charge on any atom is 0.229 e. The van der Waals surface area contributed by atoms with E-state index in [-0.39, 0.29) is 24.1 Å². The molecule has 3 aromatic rings. The van der Waals surface area contributed by atoms with Gasteiger partial charge in [0, 0.05) is 33.1 Å². The van der Waals surface area contributed by atoms with Crippen molar-refractivity contribution in [3.63, 3.8) is 0 Å². The van der Waals surface area contributed by atoms with Gasteiger partial charge in [-0.2, -0.15) is 5.26 Å². The lowest BCUT2D eigenvalue weighted by Gasteiger charge is -2.35. The van der Waals surface area contributed by atoms with Crippen molar-refractivity contribution in [2.24, 2.45) is 5.73 Å². The Bertz CT molecular complexity index is 1250. The molecule has 4 rings (SSSR count). The van der Waals surface area contributed by atoms with E-state index in [0.717, 1.165) is 18.8 Å². The quantitative estimate of drug-likeness (QED) is 0.516. The monoisotopic (exact) mass is 516 g/mol. The van der Waals surface area contributed by atoms with Crippen LogP contribution in [-0.4, -0.2) is 54.4 Å². The van der Waals surface area contributed by atoms with Gasteiger partial charge >= 0.3 is 0 Å². The summed E-state index contributed by atoms with van der Waals surface area (Å²) in [7, 11) is 0. The highest BCUT2D eigenvalue weighted by atomic mass is 19.1. The zero-order valence-electron chi connectivity index (χ0n) is 21.7. The van der Waals surface area contributed by atoms with Crippen LogP contribution in [0.2, 0.25) is 0 Å². The molecule has 198 valence electrons. The first kappa shape index (κ1) is 28.3. The van der Waals surface area contributed by atoms with Crippen LogP contribution < -0.4 is 16.0 Å². The van der Waals surface area contributed by atoms with Crippen molar-refractivity contribution < 1.29 is 14.0 Å². The summed E-state index contributed by atoms with van der Waals surface area (Å²) in [6, 6.07) is 19.3. The number of hydrogen-bond donors (Lipinski definition) is 2. The summed E-state index contributed by atoms with van der Waals surface area (Å²) in [5.74, 6) is 0.322. The van der Waals surface area contributed by atoms with Gasteiger partial charge in [0.25, 0.3) is 0 Å². The van der Waals surface area contributed by atoms with Gasteiger partial charge < -0.3 is 20.9 Å². The lowest BCUT2D eigenvalue weighted by atomic mass is 10.0. The molecule has 1 aliphatic rings. The van der Waals surface area contributed by atoms with Crippen molar-refractivity contribution in [1.82, 2.24) is 9.88 Å². The lowest BCUT2D eigenvalue weighted by molar-refractivity contribution is -0.129. The number of amides is 2. The third kappa shape index (κ3) is 8.39. The number of carbonyl (C=O) groups excluding carboxylic acids is 2. The van der Waals surface area contributed by atoms with Crippen LogP contribution in [0.5, 0.6) is 0 Å². The fraction of sp³-hybridized carbons (Fsp3) is 0.310. The molecule has 2 heterocycles. The number of pyridine rings is 1. The Kier molecular flexibility index (Phi) is 10.3. The normalized spacial score (nSPS) is 13.6. The van der Waals surface area contributed by atoms with E-state index in [9.17, 15) is 14.0 Å². The van der Waals surface area contributed by atoms with Crippen molar-refractivity contribution in [3.8, 4) is 6.07 Å². The first-order valence-electron chi connectivity index (χ1n) is 12.5. The molecule has 1 aromatic heterocycles. The summed E-state index contributed by atoms with van der Waals surface area (Å²) in [4.78, 5) is 31.7. The molecule has 2 aromatic carbocycles. The number of rotatable bonds is 6. The summed E-state index contributed by atoms with van der Waals surface area (Å²) >= 11 is 0. The highest BCUT2D eigenvalue weighted by Gasteiger charge is 2.19. The van der Waals surface area contributed by atoms with Crippen molar-refractivity contribution in [3.05, 3.63) is 89.4 Å². The molecule has 8 nitrogen and oxygen atoms in total. The third-order valence-corrected chi connectivity index (χ3v) is 6.32. The average molecular weight is 517 g/mol. The Morgan fingerprint density at radius 2 is 1.82 bits per heavy atom. The number of nitriles is 1. The fourth-order valence-corrected chi connectivity index (χ4v) is 3.97. The van der Waals surface area contributed by atoms with E-state index < -0.39 is 0 Å². The van der Waals surface area contributed by atoms with Crippen LogP contribution >= 0.6 is 0 Å². The average Bonchev–Trinajstić information content (AvgIpc) is 2.93. The van der Waals surface area contributed by atoms with E-state index in [4.69, 9.17) is 11.0 Å². The standard InChI is InChI=1S/C19H21FN4O2.C10H12N2/c1-14(25)23-7-9-24(10-8-23)17-5-6-18(21-13-17)22-19(26)12-15-3-2-4-16(20)11-15;1-8(6-11)10-4-2-9(7-12)3-5-10/h2-6,11,13H,7-10,12H2,1H3,(H,21,22,26);2-5,8H,6,11H2,1H3. The van der Waals surface area contributed by atoms with Crippen LogP contribution in [0.3, 0.4) is 0 Å². The third-order valence-electron chi connectivity index (χ3n) is 6.32. The van der Waals surface area contributed by atoms with Gasteiger partial charge in [-0.1, -0.05) is 31.2 Å². The van der Waals surface area contributed by atoms with Crippen LogP contribution in [0, 0.1) is 17.1 Å². The highest BCUT2D eigenvalue weighted by molar-refractivity contribution is 5.91.